The third-order valence-corrected chi connectivity index (χ3v) is 19.0. The lowest BCUT2D eigenvalue weighted by atomic mass is 9.72. The number of nitriles is 1. The van der Waals surface area contributed by atoms with Gasteiger partial charge in [-0.2, -0.15) is 5.26 Å². The predicted molar refractivity (Wildman–Crippen MR) is 285 cm³/mol. The first-order valence-corrected chi connectivity index (χ1v) is 28.2. The van der Waals surface area contributed by atoms with Crippen molar-refractivity contribution in [2.45, 2.75) is 153 Å². The topological polar surface area (TPSA) is 193 Å². The molecule has 0 radical (unpaired) electrons. The summed E-state index contributed by atoms with van der Waals surface area (Å²) >= 11 is 0. The molecule has 3 aromatic heterocycles. The van der Waals surface area contributed by atoms with Crippen LogP contribution in [0.3, 0.4) is 0 Å². The molecule has 1 atom stereocenters. The van der Waals surface area contributed by atoms with Gasteiger partial charge >= 0.3 is 0 Å². The van der Waals surface area contributed by atoms with Crippen LogP contribution in [0.25, 0.3) is 22.3 Å². The molecule has 8 aliphatic rings. The predicted octanol–water partition coefficient (Wildman–Crippen LogP) is 7.08. The number of aromatic nitrogens is 4. The van der Waals surface area contributed by atoms with Crippen molar-refractivity contribution in [1.82, 2.24) is 39.5 Å². The lowest BCUT2D eigenvalue weighted by molar-refractivity contribution is -0.150. The number of benzene rings is 1. The SMILES string of the molecule is CC(C)n1cnc2cc(-c3ccc4c(c3)N([C@H]3C[C@@H](N5CCCCC5)C3)C(=O)C43CCN(C(=O)C4(C)CCN(C(=O)C5CCN(c6ccc(C7CCC(=O)NC7=O)cn6)CC5)CC4)CC3)nc(NC3CC(C#N)C3)c21. The van der Waals surface area contributed by atoms with Gasteiger partial charge in [-0.25, -0.2) is 15.0 Å². The number of amides is 5. The minimum atomic E-state index is -0.718. The van der Waals surface area contributed by atoms with Gasteiger partial charge in [0.05, 0.1) is 40.9 Å². The highest BCUT2D eigenvalue weighted by atomic mass is 16.2. The van der Waals surface area contributed by atoms with Crippen molar-refractivity contribution in [2.75, 3.05) is 67.5 Å². The highest BCUT2D eigenvalue weighted by Crippen LogP contribution is 2.53. The van der Waals surface area contributed by atoms with Gasteiger partial charge in [-0.15, -0.1) is 0 Å². The Kier molecular flexibility index (Phi) is 12.9. The number of nitrogens with one attached hydrogen (secondary N) is 2. The number of imide groups is 1. The molecule has 1 unspecified atom stereocenters. The quantitative estimate of drug-likeness (QED) is 0.154. The zero-order valence-corrected chi connectivity index (χ0v) is 43.9. The van der Waals surface area contributed by atoms with E-state index >= 15 is 4.79 Å². The standard InChI is InChI=1S/C58H72N12O5/c1-36(2)69-35-61-47-32-46(63-52(51(47)69)62-41-27-37(28-41)33-59)39-7-10-45-48(29-39)70(43-30-42(31-43)65-19-5-4-6-20-65)56(75)58(45)17-25-68(26-18-58)55(74)57(3)15-23-67(24-16-57)54(73)38-13-21-66(22-14-38)49-11-8-40(34-60-49)44-9-12-50(71)64-53(44)72/h7-8,10-11,29,32,34-38,41-44H,4-6,9,12-28,30-31H2,1-3H3,(H,62,63)(H,64,71,72)/t37?,41?,42-,43+,44?. The van der Waals surface area contributed by atoms with Crippen molar-refractivity contribution in [3.8, 4) is 17.3 Å². The van der Waals surface area contributed by atoms with E-state index in [4.69, 9.17) is 9.97 Å². The summed E-state index contributed by atoms with van der Waals surface area (Å²) in [4.78, 5) is 93.7. The molecule has 9 heterocycles. The van der Waals surface area contributed by atoms with Crippen LogP contribution in [0.1, 0.15) is 140 Å². The third kappa shape index (κ3) is 8.92. The Bertz CT molecular complexity index is 2920. The molecule has 12 rings (SSSR count). The van der Waals surface area contributed by atoms with Gasteiger partial charge in [-0.1, -0.05) is 31.5 Å². The van der Waals surface area contributed by atoms with Crippen molar-refractivity contribution in [2.24, 2.45) is 17.3 Å². The van der Waals surface area contributed by atoms with E-state index in [-0.39, 0.29) is 65.4 Å². The average Bonchev–Trinajstić information content (AvgIpc) is 3.97. The number of anilines is 3. The van der Waals surface area contributed by atoms with Gasteiger partial charge < -0.3 is 34.4 Å². The zero-order valence-electron chi connectivity index (χ0n) is 43.9. The fraction of sp³-hybridized carbons (Fsp3) is 0.603. The van der Waals surface area contributed by atoms with Gasteiger partial charge in [0.15, 0.2) is 5.82 Å². The molecule has 2 saturated carbocycles. The average molecular weight is 1020 g/mol. The number of hydrogen-bond donors (Lipinski definition) is 2. The molecule has 394 valence electrons. The molecule has 4 aromatic rings. The summed E-state index contributed by atoms with van der Waals surface area (Å²) in [7, 11) is 0. The van der Waals surface area contributed by atoms with E-state index < -0.39 is 10.8 Å². The Morgan fingerprint density at radius 1 is 0.827 bits per heavy atom. The maximum absolute atomic E-state index is 15.3. The van der Waals surface area contributed by atoms with Crippen LogP contribution < -0.4 is 20.4 Å². The maximum Gasteiger partial charge on any atom is 0.238 e. The lowest BCUT2D eigenvalue weighted by Crippen LogP contribution is -2.59. The van der Waals surface area contributed by atoms with Gasteiger partial charge in [0.1, 0.15) is 11.3 Å². The Morgan fingerprint density at radius 2 is 1.56 bits per heavy atom. The number of piperidine rings is 5. The van der Waals surface area contributed by atoms with Crippen LogP contribution in [-0.4, -0.2) is 134 Å². The summed E-state index contributed by atoms with van der Waals surface area (Å²) in [5.74, 6) is 1.17. The fourth-order valence-corrected chi connectivity index (χ4v) is 14.0. The highest BCUT2D eigenvalue weighted by Gasteiger charge is 2.57. The summed E-state index contributed by atoms with van der Waals surface area (Å²) in [5, 5.41) is 15.6. The molecule has 5 amide bonds. The van der Waals surface area contributed by atoms with Crippen LogP contribution in [0.2, 0.25) is 0 Å². The second-order valence-electron chi connectivity index (χ2n) is 23.9. The number of imidazole rings is 1. The van der Waals surface area contributed by atoms with Gasteiger partial charge in [-0.3, -0.25) is 29.3 Å². The highest BCUT2D eigenvalue weighted by molar-refractivity contribution is 6.09. The fourth-order valence-electron chi connectivity index (χ4n) is 14.0. The van der Waals surface area contributed by atoms with Crippen molar-refractivity contribution in [3.63, 3.8) is 0 Å². The Balaban J connectivity index is 0.712. The number of fused-ring (bicyclic) bond motifs is 3. The largest absolute Gasteiger partial charge is 0.365 e. The van der Waals surface area contributed by atoms with Crippen LogP contribution in [0.4, 0.5) is 17.3 Å². The molecular weight excluding hydrogens is 945 g/mol. The molecule has 1 spiro atoms. The second-order valence-corrected chi connectivity index (χ2v) is 23.9. The molecule has 6 aliphatic heterocycles. The lowest BCUT2D eigenvalue weighted by Gasteiger charge is -2.48. The first kappa shape index (κ1) is 49.5. The van der Waals surface area contributed by atoms with Gasteiger partial charge in [-0.05, 0) is 140 Å². The zero-order chi connectivity index (χ0) is 51.8. The monoisotopic (exact) mass is 1020 g/mol. The molecular formula is C58H72N12O5. The number of rotatable bonds is 10. The van der Waals surface area contributed by atoms with E-state index in [9.17, 15) is 24.4 Å². The minimum Gasteiger partial charge on any atom is -0.365 e. The number of pyridine rings is 2. The molecule has 1 aromatic carbocycles. The molecule has 7 fully saturated rings. The number of hydrogen-bond acceptors (Lipinski definition) is 12. The minimum absolute atomic E-state index is 0.0583. The molecule has 2 N–H and O–H groups in total. The molecule has 17 heteroatoms. The summed E-state index contributed by atoms with van der Waals surface area (Å²) in [5.41, 5.74) is 5.08. The summed E-state index contributed by atoms with van der Waals surface area (Å²) < 4.78 is 2.15. The Hall–Kier alpha value is -6.41. The van der Waals surface area contributed by atoms with Crippen molar-refractivity contribution in [1.29, 1.82) is 5.26 Å². The van der Waals surface area contributed by atoms with E-state index in [1.54, 1.807) is 6.20 Å². The van der Waals surface area contributed by atoms with Gasteiger partial charge in [0.2, 0.25) is 29.5 Å². The third-order valence-electron chi connectivity index (χ3n) is 19.0. The first-order valence-electron chi connectivity index (χ1n) is 28.2. The van der Waals surface area contributed by atoms with Crippen molar-refractivity contribution in [3.05, 3.63) is 60.0 Å². The molecule has 17 nitrogen and oxygen atoms in total. The van der Waals surface area contributed by atoms with Crippen LogP contribution in [0.5, 0.6) is 0 Å². The normalized spacial score (nSPS) is 27.0. The summed E-state index contributed by atoms with van der Waals surface area (Å²) in [6, 6.07) is 15.8. The molecule has 75 heavy (non-hydrogen) atoms. The Morgan fingerprint density at radius 3 is 2.24 bits per heavy atom. The van der Waals surface area contributed by atoms with Gasteiger partial charge in [0, 0.05) is 98.6 Å². The summed E-state index contributed by atoms with van der Waals surface area (Å²) in [6.07, 6.45) is 15.5. The molecule has 0 bridgehead atoms. The molecule has 5 saturated heterocycles. The second kappa shape index (κ2) is 19.6. The van der Waals surface area contributed by atoms with Gasteiger partial charge in [0.25, 0.3) is 0 Å². The first-order chi connectivity index (χ1) is 36.3. The smallest absolute Gasteiger partial charge is 0.238 e. The van der Waals surface area contributed by atoms with Crippen LogP contribution in [-0.2, 0) is 29.4 Å². The number of carbonyl (C=O) groups is 5. The van der Waals surface area contributed by atoms with E-state index in [1.165, 1.54) is 19.3 Å². The summed E-state index contributed by atoms with van der Waals surface area (Å²) in [6.45, 7) is 12.1. The maximum atomic E-state index is 15.3. The Labute approximate surface area is 439 Å². The molecule has 2 aliphatic carbocycles. The van der Waals surface area contributed by atoms with Crippen LogP contribution >= 0.6 is 0 Å². The van der Waals surface area contributed by atoms with E-state index in [2.05, 4.69) is 86.0 Å². The number of likely N-dealkylation sites (tertiary alicyclic amines) is 3. The van der Waals surface area contributed by atoms with Crippen molar-refractivity contribution < 1.29 is 24.0 Å². The van der Waals surface area contributed by atoms with Crippen LogP contribution in [0.15, 0.2) is 48.9 Å². The van der Waals surface area contributed by atoms with Crippen molar-refractivity contribution >= 4 is 57.9 Å². The van der Waals surface area contributed by atoms with E-state index in [0.29, 0.717) is 83.8 Å². The van der Waals surface area contributed by atoms with E-state index in [1.807, 2.05) is 28.3 Å². The van der Waals surface area contributed by atoms with E-state index in [0.717, 1.165) is 102 Å². The number of carbonyl (C=O) groups excluding carboxylic acids is 5. The van der Waals surface area contributed by atoms with Crippen LogP contribution in [0, 0.1) is 28.6 Å². The number of nitrogens with zero attached hydrogens (tertiary/aromatic N) is 10.